The molecule has 1 heterocycles. The first-order valence-electron chi connectivity index (χ1n) is 8.07. The molecule has 1 aromatic heterocycles. The highest BCUT2D eigenvalue weighted by Crippen LogP contribution is 2.28. The first-order valence-corrected chi connectivity index (χ1v) is 9.55. The molecular formula is C17H17N5O4S. The summed E-state index contributed by atoms with van der Waals surface area (Å²) in [6.45, 7) is 3.93. The Bertz CT molecular complexity index is 1070. The maximum absolute atomic E-state index is 12.7. The summed E-state index contributed by atoms with van der Waals surface area (Å²) in [7, 11) is -3.93. The molecule has 0 unspecified atom stereocenters. The van der Waals surface area contributed by atoms with E-state index < -0.39 is 14.9 Å². The Hall–Kier alpha value is -3.27. The van der Waals surface area contributed by atoms with Crippen LogP contribution in [-0.2, 0) is 10.0 Å². The Labute approximate surface area is 155 Å². The standard InChI is InChI=1S/C17H17N5O4S/c1-11(2)16-18-17(20-19-16)14-5-3-4-6-15(14)21-27(25,26)13-9-7-12(8-10-13)22(23)24/h3-11,21H,1-2H3,(H,18,19,20). The van der Waals surface area contributed by atoms with Crippen LogP contribution in [0, 0.1) is 10.1 Å². The Morgan fingerprint density at radius 1 is 1.11 bits per heavy atom. The minimum atomic E-state index is -3.93. The number of hydrogen-bond acceptors (Lipinski definition) is 6. The predicted octanol–water partition coefficient (Wildman–Crippen LogP) is 3.30. The number of nitrogens with zero attached hydrogens (tertiary/aromatic N) is 3. The summed E-state index contributed by atoms with van der Waals surface area (Å²) in [5, 5.41) is 17.7. The van der Waals surface area contributed by atoms with Crippen molar-refractivity contribution in [1.82, 2.24) is 15.2 Å². The van der Waals surface area contributed by atoms with Crippen molar-refractivity contribution < 1.29 is 13.3 Å². The summed E-state index contributed by atoms with van der Waals surface area (Å²) in [6, 6.07) is 11.4. The van der Waals surface area contributed by atoms with Gasteiger partial charge in [-0.3, -0.25) is 19.9 Å². The van der Waals surface area contributed by atoms with Gasteiger partial charge in [0.25, 0.3) is 15.7 Å². The molecule has 10 heteroatoms. The third-order valence-electron chi connectivity index (χ3n) is 3.82. The van der Waals surface area contributed by atoms with E-state index in [0.717, 1.165) is 12.1 Å². The van der Waals surface area contributed by atoms with Gasteiger partial charge < -0.3 is 0 Å². The minimum Gasteiger partial charge on any atom is -0.279 e. The van der Waals surface area contributed by atoms with Crippen molar-refractivity contribution in [2.24, 2.45) is 0 Å². The van der Waals surface area contributed by atoms with Gasteiger partial charge in [-0.05, 0) is 24.3 Å². The fraction of sp³-hybridized carbons (Fsp3) is 0.176. The smallest absolute Gasteiger partial charge is 0.269 e. The SMILES string of the molecule is CC(C)c1nc(-c2ccccc2NS(=O)(=O)c2ccc([N+](=O)[O-])cc2)n[nH]1. The Morgan fingerprint density at radius 2 is 1.78 bits per heavy atom. The molecule has 3 aromatic rings. The maximum atomic E-state index is 12.7. The average molecular weight is 387 g/mol. The quantitative estimate of drug-likeness (QED) is 0.493. The topological polar surface area (TPSA) is 131 Å². The maximum Gasteiger partial charge on any atom is 0.269 e. The van der Waals surface area contributed by atoms with Crippen molar-refractivity contribution in [3.05, 3.63) is 64.5 Å². The van der Waals surface area contributed by atoms with Crippen LogP contribution in [0.15, 0.2) is 53.4 Å². The van der Waals surface area contributed by atoms with Gasteiger partial charge in [0.05, 0.1) is 15.5 Å². The summed E-state index contributed by atoms with van der Waals surface area (Å²) in [5.74, 6) is 1.22. The van der Waals surface area contributed by atoms with Crippen LogP contribution in [-0.4, -0.2) is 28.5 Å². The van der Waals surface area contributed by atoms with Gasteiger partial charge >= 0.3 is 0 Å². The normalized spacial score (nSPS) is 11.5. The molecule has 0 aliphatic carbocycles. The third-order valence-corrected chi connectivity index (χ3v) is 5.20. The van der Waals surface area contributed by atoms with E-state index in [1.165, 1.54) is 12.1 Å². The van der Waals surface area contributed by atoms with Gasteiger partial charge in [-0.2, -0.15) is 5.10 Å². The van der Waals surface area contributed by atoms with Crippen LogP contribution < -0.4 is 4.72 Å². The van der Waals surface area contributed by atoms with Gasteiger partial charge in [0, 0.05) is 23.6 Å². The first kappa shape index (κ1) is 18.5. The second-order valence-corrected chi connectivity index (χ2v) is 7.78. The predicted molar refractivity (Wildman–Crippen MR) is 99.8 cm³/mol. The van der Waals surface area contributed by atoms with Gasteiger partial charge in [0.15, 0.2) is 5.82 Å². The molecule has 0 atom stereocenters. The van der Waals surface area contributed by atoms with E-state index in [1.807, 2.05) is 13.8 Å². The lowest BCUT2D eigenvalue weighted by atomic mass is 10.1. The van der Waals surface area contributed by atoms with E-state index in [9.17, 15) is 18.5 Å². The Morgan fingerprint density at radius 3 is 2.37 bits per heavy atom. The fourth-order valence-electron chi connectivity index (χ4n) is 2.37. The number of rotatable bonds is 6. The zero-order valence-electron chi connectivity index (χ0n) is 14.6. The van der Waals surface area contributed by atoms with Crippen LogP contribution in [0.1, 0.15) is 25.6 Å². The van der Waals surface area contributed by atoms with Crippen molar-refractivity contribution in [2.75, 3.05) is 4.72 Å². The van der Waals surface area contributed by atoms with Crippen LogP contribution >= 0.6 is 0 Å². The van der Waals surface area contributed by atoms with Crippen molar-refractivity contribution in [3.63, 3.8) is 0 Å². The number of nitrogens with one attached hydrogen (secondary N) is 2. The highest BCUT2D eigenvalue weighted by Gasteiger charge is 2.19. The molecule has 0 radical (unpaired) electrons. The summed E-state index contributed by atoms with van der Waals surface area (Å²) >= 11 is 0. The van der Waals surface area contributed by atoms with E-state index in [0.29, 0.717) is 22.9 Å². The lowest BCUT2D eigenvalue weighted by Gasteiger charge is -2.11. The van der Waals surface area contributed by atoms with Crippen LogP contribution in [0.3, 0.4) is 0 Å². The number of aromatic amines is 1. The number of nitro groups is 1. The largest absolute Gasteiger partial charge is 0.279 e. The summed E-state index contributed by atoms with van der Waals surface area (Å²) in [6.07, 6.45) is 0. The van der Waals surface area contributed by atoms with E-state index >= 15 is 0 Å². The number of nitro benzene ring substituents is 1. The second-order valence-electron chi connectivity index (χ2n) is 6.10. The fourth-order valence-corrected chi connectivity index (χ4v) is 3.45. The van der Waals surface area contributed by atoms with E-state index in [1.54, 1.807) is 24.3 Å². The zero-order chi connectivity index (χ0) is 19.6. The second kappa shape index (κ2) is 7.16. The number of hydrogen-bond donors (Lipinski definition) is 2. The monoisotopic (exact) mass is 387 g/mol. The lowest BCUT2D eigenvalue weighted by Crippen LogP contribution is -2.13. The molecule has 2 N–H and O–H groups in total. The summed E-state index contributed by atoms with van der Waals surface area (Å²) in [4.78, 5) is 14.5. The van der Waals surface area contributed by atoms with Crippen LogP contribution in [0.25, 0.3) is 11.4 Å². The van der Waals surface area contributed by atoms with Crippen LogP contribution in [0.4, 0.5) is 11.4 Å². The Kier molecular flexibility index (Phi) is 4.91. The molecular weight excluding hydrogens is 370 g/mol. The van der Waals surface area contributed by atoms with Gasteiger partial charge in [0.1, 0.15) is 5.82 Å². The van der Waals surface area contributed by atoms with Gasteiger partial charge in [-0.25, -0.2) is 13.4 Å². The number of anilines is 1. The number of para-hydroxylation sites is 1. The average Bonchev–Trinajstić information content (AvgIpc) is 3.12. The van der Waals surface area contributed by atoms with Crippen molar-refractivity contribution in [3.8, 4) is 11.4 Å². The van der Waals surface area contributed by atoms with Gasteiger partial charge in [-0.1, -0.05) is 26.0 Å². The van der Waals surface area contributed by atoms with E-state index in [2.05, 4.69) is 19.9 Å². The number of sulfonamides is 1. The molecule has 0 saturated carbocycles. The summed E-state index contributed by atoms with van der Waals surface area (Å²) < 4.78 is 27.8. The molecule has 27 heavy (non-hydrogen) atoms. The number of non-ortho nitro benzene ring substituents is 1. The van der Waals surface area contributed by atoms with Crippen molar-refractivity contribution in [1.29, 1.82) is 0 Å². The lowest BCUT2D eigenvalue weighted by molar-refractivity contribution is -0.384. The molecule has 0 fully saturated rings. The molecule has 0 aliphatic rings. The molecule has 2 aromatic carbocycles. The molecule has 0 spiro atoms. The molecule has 140 valence electrons. The molecule has 9 nitrogen and oxygen atoms in total. The van der Waals surface area contributed by atoms with Gasteiger partial charge in [-0.15, -0.1) is 0 Å². The van der Waals surface area contributed by atoms with E-state index in [4.69, 9.17) is 0 Å². The molecule has 3 rings (SSSR count). The highest BCUT2D eigenvalue weighted by atomic mass is 32.2. The molecule has 0 bridgehead atoms. The zero-order valence-corrected chi connectivity index (χ0v) is 15.4. The number of benzene rings is 2. The Balaban J connectivity index is 1.94. The van der Waals surface area contributed by atoms with Crippen molar-refractivity contribution >= 4 is 21.4 Å². The first-order chi connectivity index (χ1) is 12.8. The van der Waals surface area contributed by atoms with Crippen LogP contribution in [0.2, 0.25) is 0 Å². The molecule has 0 aliphatic heterocycles. The summed E-state index contributed by atoms with van der Waals surface area (Å²) in [5.41, 5.74) is 0.646. The van der Waals surface area contributed by atoms with Gasteiger partial charge in [0.2, 0.25) is 0 Å². The van der Waals surface area contributed by atoms with Crippen molar-refractivity contribution in [2.45, 2.75) is 24.7 Å². The number of aromatic nitrogens is 3. The number of H-pyrrole nitrogens is 1. The molecule has 0 amide bonds. The molecule has 0 saturated heterocycles. The van der Waals surface area contributed by atoms with Crippen LogP contribution in [0.5, 0.6) is 0 Å². The highest BCUT2D eigenvalue weighted by molar-refractivity contribution is 7.92. The van der Waals surface area contributed by atoms with E-state index in [-0.39, 0.29) is 16.5 Å². The minimum absolute atomic E-state index is 0.0826. The third kappa shape index (κ3) is 3.95.